The molecule has 0 heterocycles. The Morgan fingerprint density at radius 2 is 1.60 bits per heavy atom. The second-order valence-electron chi connectivity index (χ2n) is 8.06. The van der Waals surface area contributed by atoms with Crippen molar-refractivity contribution in [2.75, 3.05) is 32.8 Å². The molecule has 0 bridgehead atoms. The summed E-state index contributed by atoms with van der Waals surface area (Å²) < 4.78 is 22.0. The highest BCUT2D eigenvalue weighted by Gasteiger charge is 2.15. The van der Waals surface area contributed by atoms with Gasteiger partial charge in [0, 0.05) is 12.2 Å². The van der Waals surface area contributed by atoms with Gasteiger partial charge in [-0.05, 0) is 82.5 Å². The van der Waals surface area contributed by atoms with E-state index >= 15 is 0 Å². The highest BCUT2D eigenvalue weighted by molar-refractivity contribution is 9.10. The van der Waals surface area contributed by atoms with Crippen molar-refractivity contribution in [3.8, 4) is 23.0 Å². The molecule has 0 aromatic heterocycles. The minimum absolute atomic E-state index is 0.170. The van der Waals surface area contributed by atoms with Crippen LogP contribution < -0.4 is 35.0 Å². The molecule has 3 rings (SSSR count). The Bertz CT molecular complexity index is 1350. The molecule has 0 aliphatic rings. The maximum Gasteiger partial charge on any atom is 0.329 e. The number of carbonyl (C=O) groups is 3. The topological polar surface area (TPSA) is 137 Å². The molecular weight excluding hydrogens is 584 g/mol. The van der Waals surface area contributed by atoms with Gasteiger partial charge in [-0.2, -0.15) is 5.10 Å². The molecule has 3 amide bonds. The van der Waals surface area contributed by atoms with E-state index in [2.05, 4.69) is 37.1 Å². The van der Waals surface area contributed by atoms with Gasteiger partial charge in [-0.1, -0.05) is 12.1 Å². The lowest BCUT2D eigenvalue weighted by Gasteiger charge is -2.13. The highest BCUT2D eigenvalue weighted by Crippen LogP contribution is 2.36. The molecule has 40 heavy (non-hydrogen) atoms. The van der Waals surface area contributed by atoms with Crippen LogP contribution in [0.4, 0.5) is 5.69 Å². The lowest BCUT2D eigenvalue weighted by molar-refractivity contribution is -0.139. The SMILES string of the molecule is CCOc1ccc(NC(=O)COc2c(Br)cc(/C=N\NC(=O)C(=O)NCc3ccc(OC)cc3)cc2OC)cc1. The van der Waals surface area contributed by atoms with Gasteiger partial charge in [0.1, 0.15) is 11.5 Å². The van der Waals surface area contributed by atoms with Crippen LogP contribution in [0.2, 0.25) is 0 Å². The Labute approximate surface area is 240 Å². The fourth-order valence-electron chi connectivity index (χ4n) is 3.31. The summed E-state index contributed by atoms with van der Waals surface area (Å²) in [5.74, 6) is -0.0844. The quantitative estimate of drug-likeness (QED) is 0.161. The summed E-state index contributed by atoms with van der Waals surface area (Å²) in [7, 11) is 3.01. The van der Waals surface area contributed by atoms with Gasteiger partial charge in [0.2, 0.25) is 0 Å². The Hall–Kier alpha value is -4.58. The summed E-state index contributed by atoms with van der Waals surface area (Å²) in [5.41, 5.74) is 4.12. The Morgan fingerprint density at radius 1 is 0.900 bits per heavy atom. The number of amides is 3. The molecule has 0 aliphatic carbocycles. The third kappa shape index (κ3) is 9.02. The van der Waals surface area contributed by atoms with Crippen molar-refractivity contribution in [2.24, 2.45) is 5.10 Å². The monoisotopic (exact) mass is 612 g/mol. The predicted octanol–water partition coefficient (Wildman–Crippen LogP) is 3.65. The number of hydrogen-bond donors (Lipinski definition) is 3. The third-order valence-electron chi connectivity index (χ3n) is 5.25. The lowest BCUT2D eigenvalue weighted by atomic mass is 10.2. The smallest absolute Gasteiger partial charge is 0.329 e. The number of ether oxygens (including phenoxy) is 4. The molecule has 3 aromatic carbocycles. The molecule has 0 unspecified atom stereocenters. The molecule has 0 saturated carbocycles. The van der Waals surface area contributed by atoms with Gasteiger partial charge < -0.3 is 29.6 Å². The van der Waals surface area contributed by atoms with Gasteiger partial charge in [-0.25, -0.2) is 5.43 Å². The van der Waals surface area contributed by atoms with Crippen molar-refractivity contribution in [1.29, 1.82) is 0 Å². The number of hydrazone groups is 1. The maximum absolute atomic E-state index is 12.4. The van der Waals surface area contributed by atoms with Gasteiger partial charge in [0.25, 0.3) is 5.91 Å². The van der Waals surface area contributed by atoms with E-state index in [9.17, 15) is 14.4 Å². The average molecular weight is 613 g/mol. The number of methoxy groups -OCH3 is 2. The van der Waals surface area contributed by atoms with Crippen molar-refractivity contribution in [3.05, 3.63) is 76.3 Å². The Balaban J connectivity index is 1.51. The van der Waals surface area contributed by atoms with Crippen LogP contribution >= 0.6 is 15.9 Å². The highest BCUT2D eigenvalue weighted by atomic mass is 79.9. The molecular formula is C28H29BrN4O7. The summed E-state index contributed by atoms with van der Waals surface area (Å²) in [5, 5.41) is 9.10. The van der Waals surface area contributed by atoms with E-state index in [1.54, 1.807) is 67.8 Å². The van der Waals surface area contributed by atoms with Crippen molar-refractivity contribution in [1.82, 2.24) is 10.7 Å². The molecule has 0 atom stereocenters. The van der Waals surface area contributed by atoms with Crippen molar-refractivity contribution < 1.29 is 33.3 Å². The maximum atomic E-state index is 12.4. The van der Waals surface area contributed by atoms with Crippen LogP contribution in [0.25, 0.3) is 0 Å². The standard InChI is InChI=1S/C28H29BrN4O7/c1-4-39-22-11-7-20(8-12-22)32-25(34)17-40-26-23(29)13-19(14-24(26)38-3)16-31-33-28(36)27(35)30-15-18-5-9-21(37-2)10-6-18/h5-14,16H,4,15,17H2,1-3H3,(H,30,35)(H,32,34)(H,33,36)/b31-16-. The number of carbonyl (C=O) groups excluding carboxylic acids is 3. The lowest BCUT2D eigenvalue weighted by Crippen LogP contribution is -2.37. The Morgan fingerprint density at radius 3 is 2.25 bits per heavy atom. The van der Waals surface area contributed by atoms with Crippen LogP contribution in [-0.2, 0) is 20.9 Å². The number of halogens is 1. The zero-order valence-corrected chi connectivity index (χ0v) is 23.7. The Kier molecular flexibility index (Phi) is 11.3. The van der Waals surface area contributed by atoms with E-state index in [0.29, 0.717) is 45.3 Å². The number of hydrogen-bond acceptors (Lipinski definition) is 8. The molecule has 210 valence electrons. The number of rotatable bonds is 12. The largest absolute Gasteiger partial charge is 0.497 e. The van der Waals surface area contributed by atoms with Gasteiger partial charge in [0.05, 0.1) is 31.5 Å². The van der Waals surface area contributed by atoms with Crippen LogP contribution in [0.15, 0.2) is 70.2 Å². The predicted molar refractivity (Wildman–Crippen MR) is 153 cm³/mol. The van der Waals surface area contributed by atoms with E-state index in [0.717, 1.165) is 5.56 Å². The fourth-order valence-corrected chi connectivity index (χ4v) is 3.89. The average Bonchev–Trinajstić information content (AvgIpc) is 2.96. The van der Waals surface area contributed by atoms with Gasteiger partial charge in [0.15, 0.2) is 18.1 Å². The second-order valence-corrected chi connectivity index (χ2v) is 8.91. The second kappa shape index (κ2) is 15.1. The van der Waals surface area contributed by atoms with E-state index in [1.165, 1.54) is 13.3 Å². The molecule has 0 saturated heterocycles. The van der Waals surface area contributed by atoms with Crippen LogP contribution in [0.5, 0.6) is 23.0 Å². The summed E-state index contributed by atoms with van der Waals surface area (Å²) in [6.45, 7) is 2.35. The molecule has 0 aliphatic heterocycles. The van der Waals surface area contributed by atoms with Crippen LogP contribution in [-0.4, -0.2) is 51.4 Å². The summed E-state index contributed by atoms with van der Waals surface area (Å²) in [6.07, 6.45) is 1.34. The minimum Gasteiger partial charge on any atom is -0.497 e. The third-order valence-corrected chi connectivity index (χ3v) is 5.84. The van der Waals surface area contributed by atoms with Crippen molar-refractivity contribution >= 4 is 45.6 Å². The molecule has 3 N–H and O–H groups in total. The first-order valence-electron chi connectivity index (χ1n) is 12.1. The number of nitrogens with zero attached hydrogens (tertiary/aromatic N) is 1. The normalized spacial score (nSPS) is 10.5. The zero-order valence-electron chi connectivity index (χ0n) is 22.2. The summed E-state index contributed by atoms with van der Waals surface area (Å²) in [6, 6.07) is 17.3. The van der Waals surface area contributed by atoms with E-state index in [-0.39, 0.29) is 19.1 Å². The van der Waals surface area contributed by atoms with Crippen molar-refractivity contribution in [2.45, 2.75) is 13.5 Å². The molecule has 0 fully saturated rings. The first kappa shape index (κ1) is 30.0. The van der Waals surface area contributed by atoms with Gasteiger partial charge in [-0.15, -0.1) is 0 Å². The van der Waals surface area contributed by atoms with E-state index in [4.69, 9.17) is 18.9 Å². The van der Waals surface area contributed by atoms with Gasteiger partial charge >= 0.3 is 11.8 Å². The first-order valence-corrected chi connectivity index (χ1v) is 12.9. The van der Waals surface area contributed by atoms with E-state index < -0.39 is 11.8 Å². The fraction of sp³-hybridized carbons (Fsp3) is 0.214. The summed E-state index contributed by atoms with van der Waals surface area (Å²) >= 11 is 3.40. The first-order chi connectivity index (χ1) is 19.3. The number of anilines is 1. The molecule has 0 spiro atoms. The number of benzene rings is 3. The summed E-state index contributed by atoms with van der Waals surface area (Å²) in [4.78, 5) is 36.5. The van der Waals surface area contributed by atoms with Crippen molar-refractivity contribution in [3.63, 3.8) is 0 Å². The number of nitrogens with one attached hydrogen (secondary N) is 3. The molecule has 12 heteroatoms. The van der Waals surface area contributed by atoms with Crippen LogP contribution in [0.3, 0.4) is 0 Å². The van der Waals surface area contributed by atoms with Gasteiger partial charge in [-0.3, -0.25) is 14.4 Å². The molecule has 11 nitrogen and oxygen atoms in total. The van der Waals surface area contributed by atoms with E-state index in [1.807, 2.05) is 6.92 Å². The van der Waals surface area contributed by atoms with Crippen LogP contribution in [0, 0.1) is 0 Å². The molecule has 3 aromatic rings. The minimum atomic E-state index is -0.922. The molecule has 0 radical (unpaired) electrons. The van der Waals surface area contributed by atoms with Crippen LogP contribution in [0.1, 0.15) is 18.1 Å². The zero-order chi connectivity index (χ0) is 28.9.